The van der Waals surface area contributed by atoms with Gasteiger partial charge in [0.1, 0.15) is 0 Å². The Kier molecular flexibility index (Phi) is 5.07. The predicted octanol–water partition coefficient (Wildman–Crippen LogP) is 1.99. The van der Waals surface area contributed by atoms with E-state index in [1.54, 1.807) is 6.07 Å². The van der Waals surface area contributed by atoms with Gasteiger partial charge in [0, 0.05) is 25.2 Å². The summed E-state index contributed by atoms with van der Waals surface area (Å²) in [6.45, 7) is 2.33. The largest absolute Gasteiger partial charge is 0.329 e. The summed E-state index contributed by atoms with van der Waals surface area (Å²) in [6.07, 6.45) is 2.25. The van der Waals surface area contributed by atoms with E-state index in [1.807, 2.05) is 14.1 Å². The molecule has 1 heterocycles. The van der Waals surface area contributed by atoms with Gasteiger partial charge in [-0.3, -0.25) is 4.90 Å². The molecule has 112 valence electrons. The lowest BCUT2D eigenvalue weighted by atomic mass is 10.0. The number of halogens is 2. The summed E-state index contributed by atoms with van der Waals surface area (Å²) in [5.41, 5.74) is 6.66. The topological polar surface area (TPSA) is 32.5 Å². The minimum Gasteiger partial charge on any atom is -0.329 e. The van der Waals surface area contributed by atoms with Crippen molar-refractivity contribution in [2.24, 2.45) is 5.73 Å². The molecular formula is C15H23F2N3. The first kappa shape index (κ1) is 15.4. The van der Waals surface area contributed by atoms with Gasteiger partial charge in [-0.2, -0.15) is 0 Å². The lowest BCUT2D eigenvalue weighted by Crippen LogP contribution is -2.42. The Morgan fingerprint density at radius 2 is 2.10 bits per heavy atom. The minimum absolute atomic E-state index is 0.0439. The van der Waals surface area contributed by atoms with Crippen molar-refractivity contribution in [3.05, 3.63) is 35.4 Å². The molecule has 20 heavy (non-hydrogen) atoms. The number of likely N-dealkylation sites (tertiary alicyclic amines) is 1. The van der Waals surface area contributed by atoms with E-state index in [0.29, 0.717) is 12.6 Å². The third-order valence-corrected chi connectivity index (χ3v) is 3.95. The van der Waals surface area contributed by atoms with Crippen molar-refractivity contribution in [3.8, 4) is 0 Å². The second-order valence-corrected chi connectivity index (χ2v) is 5.72. The highest BCUT2D eigenvalue weighted by molar-refractivity contribution is 5.22. The highest BCUT2D eigenvalue weighted by Gasteiger charge is 2.31. The zero-order valence-corrected chi connectivity index (χ0v) is 12.1. The summed E-state index contributed by atoms with van der Waals surface area (Å²) in [5.74, 6) is -1.61. The van der Waals surface area contributed by atoms with Crippen molar-refractivity contribution >= 4 is 0 Å². The average Bonchev–Trinajstić information content (AvgIpc) is 2.82. The Hall–Kier alpha value is -1.04. The Bertz CT molecular complexity index is 451. The second-order valence-electron chi connectivity index (χ2n) is 5.72. The van der Waals surface area contributed by atoms with Gasteiger partial charge < -0.3 is 10.6 Å². The van der Waals surface area contributed by atoms with E-state index in [9.17, 15) is 8.78 Å². The van der Waals surface area contributed by atoms with Gasteiger partial charge in [-0.1, -0.05) is 6.07 Å². The minimum atomic E-state index is -0.809. The first-order valence-electron chi connectivity index (χ1n) is 7.08. The molecule has 0 aliphatic carbocycles. The number of benzene rings is 1. The molecule has 1 aromatic carbocycles. The van der Waals surface area contributed by atoms with Crippen LogP contribution in [0.5, 0.6) is 0 Å². The molecule has 1 aliphatic heterocycles. The van der Waals surface area contributed by atoms with E-state index in [0.717, 1.165) is 31.5 Å². The summed E-state index contributed by atoms with van der Waals surface area (Å²) < 4.78 is 26.5. The molecule has 5 heteroatoms. The molecule has 0 bridgehead atoms. The van der Waals surface area contributed by atoms with Crippen molar-refractivity contribution in [1.82, 2.24) is 9.80 Å². The van der Waals surface area contributed by atoms with Gasteiger partial charge in [-0.15, -0.1) is 0 Å². The maximum Gasteiger partial charge on any atom is 0.159 e. The molecule has 2 rings (SSSR count). The quantitative estimate of drug-likeness (QED) is 0.897. The third kappa shape index (κ3) is 3.34. The highest BCUT2D eigenvalue weighted by atomic mass is 19.2. The van der Waals surface area contributed by atoms with Crippen LogP contribution in [0.3, 0.4) is 0 Å². The Labute approximate surface area is 119 Å². The molecular weight excluding hydrogens is 260 g/mol. The Morgan fingerprint density at radius 1 is 1.35 bits per heavy atom. The summed E-state index contributed by atoms with van der Waals surface area (Å²) in [7, 11) is 4.09. The van der Waals surface area contributed by atoms with Crippen LogP contribution >= 0.6 is 0 Å². The van der Waals surface area contributed by atoms with Crippen LogP contribution < -0.4 is 5.73 Å². The fraction of sp³-hybridized carbons (Fsp3) is 0.600. The van der Waals surface area contributed by atoms with Crippen molar-refractivity contribution in [2.75, 3.05) is 33.7 Å². The van der Waals surface area contributed by atoms with Crippen LogP contribution in [0.25, 0.3) is 0 Å². The van der Waals surface area contributed by atoms with Crippen molar-refractivity contribution in [2.45, 2.75) is 24.9 Å². The maximum atomic E-state index is 13.4. The smallest absolute Gasteiger partial charge is 0.159 e. The number of rotatable bonds is 5. The van der Waals surface area contributed by atoms with Crippen LogP contribution in [0.15, 0.2) is 18.2 Å². The fourth-order valence-electron chi connectivity index (χ4n) is 3.07. The van der Waals surface area contributed by atoms with Gasteiger partial charge in [0.05, 0.1) is 0 Å². The number of likely N-dealkylation sites (N-methyl/N-ethyl adjacent to an activating group) is 1. The molecule has 1 aliphatic rings. The normalized spacial score (nSPS) is 21.6. The molecule has 1 aromatic rings. The van der Waals surface area contributed by atoms with E-state index < -0.39 is 11.6 Å². The van der Waals surface area contributed by atoms with Gasteiger partial charge in [0.15, 0.2) is 11.6 Å². The molecule has 1 saturated heterocycles. The van der Waals surface area contributed by atoms with Crippen LogP contribution in [0.1, 0.15) is 24.4 Å². The third-order valence-electron chi connectivity index (χ3n) is 3.95. The van der Waals surface area contributed by atoms with Crippen LogP contribution in [0, 0.1) is 11.6 Å². The predicted molar refractivity (Wildman–Crippen MR) is 76.4 cm³/mol. The zero-order valence-electron chi connectivity index (χ0n) is 12.1. The van der Waals surface area contributed by atoms with Crippen molar-refractivity contribution < 1.29 is 8.78 Å². The first-order valence-corrected chi connectivity index (χ1v) is 7.08. The molecule has 3 nitrogen and oxygen atoms in total. The zero-order chi connectivity index (χ0) is 14.7. The average molecular weight is 283 g/mol. The first-order chi connectivity index (χ1) is 9.52. The Balaban J connectivity index is 2.20. The summed E-state index contributed by atoms with van der Waals surface area (Å²) >= 11 is 0. The number of hydrogen-bond acceptors (Lipinski definition) is 3. The molecule has 1 fully saturated rings. The van der Waals surface area contributed by atoms with E-state index in [1.165, 1.54) is 12.1 Å². The van der Waals surface area contributed by atoms with E-state index in [-0.39, 0.29) is 6.04 Å². The molecule has 0 aromatic heterocycles. The van der Waals surface area contributed by atoms with E-state index >= 15 is 0 Å². The number of hydrogen-bond donors (Lipinski definition) is 1. The maximum absolute atomic E-state index is 13.4. The second kappa shape index (κ2) is 6.61. The van der Waals surface area contributed by atoms with Gasteiger partial charge in [0.25, 0.3) is 0 Å². The lowest BCUT2D eigenvalue weighted by Gasteiger charge is -2.34. The molecule has 2 atom stereocenters. The van der Waals surface area contributed by atoms with Crippen molar-refractivity contribution in [1.29, 1.82) is 0 Å². The lowest BCUT2D eigenvalue weighted by molar-refractivity contribution is 0.155. The molecule has 0 radical (unpaired) electrons. The van der Waals surface area contributed by atoms with Crippen LogP contribution in [0.4, 0.5) is 8.78 Å². The number of nitrogens with zero attached hydrogens (tertiary/aromatic N) is 2. The van der Waals surface area contributed by atoms with Gasteiger partial charge >= 0.3 is 0 Å². The summed E-state index contributed by atoms with van der Waals surface area (Å²) in [6, 6.07) is 4.48. The van der Waals surface area contributed by atoms with Crippen LogP contribution in [0.2, 0.25) is 0 Å². The SMILES string of the molecule is CN(C)CC1CCCN1C(CN)c1ccc(F)c(F)c1. The summed E-state index contributed by atoms with van der Waals surface area (Å²) in [5, 5.41) is 0. The molecule has 0 amide bonds. The van der Waals surface area contributed by atoms with E-state index in [4.69, 9.17) is 5.73 Å². The number of nitrogens with two attached hydrogens (primary N) is 1. The van der Waals surface area contributed by atoms with Gasteiger partial charge in [0.2, 0.25) is 0 Å². The standard InChI is InChI=1S/C15H23F2N3/c1-19(2)10-12-4-3-7-20(12)15(9-18)11-5-6-13(16)14(17)8-11/h5-6,8,12,15H,3-4,7,9-10,18H2,1-2H3. The highest BCUT2D eigenvalue weighted by Crippen LogP contribution is 2.29. The van der Waals surface area contributed by atoms with Gasteiger partial charge in [-0.25, -0.2) is 8.78 Å². The fourth-order valence-corrected chi connectivity index (χ4v) is 3.07. The Morgan fingerprint density at radius 3 is 2.70 bits per heavy atom. The molecule has 0 saturated carbocycles. The molecule has 2 N–H and O–H groups in total. The van der Waals surface area contributed by atoms with E-state index in [2.05, 4.69) is 9.80 Å². The molecule has 0 spiro atoms. The monoisotopic (exact) mass is 283 g/mol. The summed E-state index contributed by atoms with van der Waals surface area (Å²) in [4.78, 5) is 4.48. The molecule has 2 unspecified atom stereocenters. The van der Waals surface area contributed by atoms with Crippen LogP contribution in [-0.2, 0) is 0 Å². The van der Waals surface area contributed by atoms with Crippen LogP contribution in [-0.4, -0.2) is 49.6 Å². The van der Waals surface area contributed by atoms with Gasteiger partial charge in [-0.05, 0) is 51.2 Å². The van der Waals surface area contributed by atoms with Crippen molar-refractivity contribution in [3.63, 3.8) is 0 Å².